The number of hydrogen-bond donors (Lipinski definition) is 3. The predicted molar refractivity (Wildman–Crippen MR) is 117 cm³/mol. The van der Waals surface area contributed by atoms with Gasteiger partial charge in [-0.25, -0.2) is 9.37 Å². The van der Waals surface area contributed by atoms with E-state index >= 15 is 0 Å². The third kappa shape index (κ3) is 3.08. The molecular weight excluding hydrogens is 453 g/mol. The number of ether oxygens (including phenoxy) is 1. The second-order valence-corrected chi connectivity index (χ2v) is 9.44. The number of aromatic nitrogens is 4. The van der Waals surface area contributed by atoms with E-state index in [1.807, 2.05) is 4.90 Å². The van der Waals surface area contributed by atoms with Gasteiger partial charge in [0.05, 0.1) is 12.9 Å². The largest absolute Gasteiger partial charge is 0.394 e. The highest BCUT2D eigenvalue weighted by atomic mass is 35.5. The van der Waals surface area contributed by atoms with Crippen molar-refractivity contribution in [3.63, 3.8) is 0 Å². The van der Waals surface area contributed by atoms with Gasteiger partial charge < -0.3 is 25.0 Å². The maximum atomic E-state index is 14.2. The minimum absolute atomic E-state index is 0.0120. The molecule has 3 aromatic rings. The molecule has 0 radical (unpaired) electrons. The van der Waals surface area contributed by atoms with Gasteiger partial charge in [0.1, 0.15) is 24.1 Å². The molecule has 1 aromatic carbocycles. The summed E-state index contributed by atoms with van der Waals surface area (Å²) in [5, 5.41) is 30.1. The van der Waals surface area contributed by atoms with E-state index in [0.29, 0.717) is 23.5 Å². The molecule has 9 nitrogen and oxygen atoms in total. The van der Waals surface area contributed by atoms with Crippen LogP contribution in [0.3, 0.4) is 0 Å². The van der Waals surface area contributed by atoms with E-state index < -0.39 is 31.1 Å². The van der Waals surface area contributed by atoms with Crippen LogP contribution in [0.1, 0.15) is 37.5 Å². The molecule has 2 fully saturated rings. The topological polar surface area (TPSA) is 117 Å². The highest BCUT2D eigenvalue weighted by Crippen LogP contribution is 2.53. The Balaban J connectivity index is 1.47. The minimum Gasteiger partial charge on any atom is -0.394 e. The number of benzene rings is 1. The molecule has 0 unspecified atom stereocenters. The van der Waals surface area contributed by atoms with Crippen molar-refractivity contribution >= 4 is 34.3 Å². The molecule has 0 amide bonds. The van der Waals surface area contributed by atoms with E-state index in [-0.39, 0.29) is 16.5 Å². The zero-order chi connectivity index (χ0) is 22.9. The Morgan fingerprint density at radius 1 is 1.18 bits per heavy atom. The van der Waals surface area contributed by atoms with Gasteiger partial charge in [0.15, 0.2) is 23.2 Å². The average molecular weight is 476 g/mol. The van der Waals surface area contributed by atoms with Crippen LogP contribution in [0, 0.1) is 5.82 Å². The first kappa shape index (κ1) is 21.2. The lowest BCUT2D eigenvalue weighted by molar-refractivity contribution is -0.0511. The van der Waals surface area contributed by atoms with Crippen molar-refractivity contribution < 1.29 is 24.4 Å². The second kappa shape index (κ2) is 7.57. The molecule has 174 valence electrons. The molecule has 6 rings (SSSR count). The first-order chi connectivity index (χ1) is 15.9. The number of imidazole rings is 1. The van der Waals surface area contributed by atoms with Crippen molar-refractivity contribution in [2.45, 2.75) is 55.6 Å². The fraction of sp³-hybridized carbons (Fsp3) is 0.500. The van der Waals surface area contributed by atoms with Crippen LogP contribution in [0.2, 0.25) is 5.28 Å². The smallest absolute Gasteiger partial charge is 0.226 e. The zero-order valence-corrected chi connectivity index (χ0v) is 18.4. The Bertz CT molecular complexity index is 1230. The fourth-order valence-corrected chi connectivity index (χ4v) is 5.83. The lowest BCUT2D eigenvalue weighted by Gasteiger charge is -2.25. The molecule has 2 aliphatic heterocycles. The summed E-state index contributed by atoms with van der Waals surface area (Å²) in [4.78, 5) is 15.3. The van der Waals surface area contributed by atoms with Crippen molar-refractivity contribution in [2.24, 2.45) is 0 Å². The average Bonchev–Trinajstić information content (AvgIpc) is 3.56. The summed E-state index contributed by atoms with van der Waals surface area (Å²) in [5.74, 6) is 0.230. The van der Waals surface area contributed by atoms with Crippen LogP contribution >= 0.6 is 11.6 Å². The lowest BCUT2D eigenvalue weighted by Crippen LogP contribution is -2.33. The number of aliphatic hydroxyl groups excluding tert-OH is 3. The quantitative estimate of drug-likeness (QED) is 0.494. The van der Waals surface area contributed by atoms with Crippen molar-refractivity contribution in [1.82, 2.24) is 19.5 Å². The highest BCUT2D eigenvalue weighted by Gasteiger charge is 2.47. The number of aliphatic hydroxyl groups is 3. The van der Waals surface area contributed by atoms with E-state index in [9.17, 15) is 19.7 Å². The number of fused-ring (bicyclic) bond motifs is 3. The van der Waals surface area contributed by atoms with E-state index in [4.69, 9.17) is 16.3 Å². The van der Waals surface area contributed by atoms with Gasteiger partial charge in [0.25, 0.3) is 0 Å². The molecule has 33 heavy (non-hydrogen) atoms. The molecule has 4 atom stereocenters. The summed E-state index contributed by atoms with van der Waals surface area (Å²) >= 11 is 6.32. The molecule has 1 aliphatic carbocycles. The van der Waals surface area contributed by atoms with Crippen molar-refractivity contribution in [1.29, 1.82) is 0 Å². The molecule has 11 heteroatoms. The summed E-state index contributed by atoms with van der Waals surface area (Å²) in [5.41, 5.74) is 2.48. The molecule has 1 spiro atoms. The predicted octanol–water partition coefficient (Wildman–Crippen LogP) is 2.19. The van der Waals surface area contributed by atoms with Gasteiger partial charge in [-0.2, -0.15) is 9.97 Å². The minimum atomic E-state index is -1.28. The molecule has 3 N–H and O–H groups in total. The Kier molecular flexibility index (Phi) is 4.86. The molecule has 4 heterocycles. The van der Waals surface area contributed by atoms with Crippen molar-refractivity contribution in [3.8, 4) is 0 Å². The number of hydrogen-bond acceptors (Lipinski definition) is 8. The molecule has 1 saturated heterocycles. The van der Waals surface area contributed by atoms with Crippen LogP contribution in [0.5, 0.6) is 0 Å². The number of rotatable bonds is 3. The summed E-state index contributed by atoms with van der Waals surface area (Å²) in [7, 11) is 0. The SMILES string of the molecule is OC[C@H]1O[C@@H](n2cnc3c(N4CC5(CCCC5)c5cc(F)ccc54)nc(Cl)nc32)[C@H](O)[C@@H]1O. The molecule has 0 bridgehead atoms. The summed E-state index contributed by atoms with van der Waals surface area (Å²) in [6.07, 6.45) is 1.10. The summed E-state index contributed by atoms with van der Waals surface area (Å²) in [6.45, 7) is 0.195. The van der Waals surface area contributed by atoms with Gasteiger partial charge >= 0.3 is 0 Å². The highest BCUT2D eigenvalue weighted by molar-refractivity contribution is 6.28. The number of anilines is 2. The van der Waals surface area contributed by atoms with Gasteiger partial charge in [-0.05, 0) is 48.2 Å². The van der Waals surface area contributed by atoms with Gasteiger partial charge in [-0.3, -0.25) is 4.57 Å². The Morgan fingerprint density at radius 2 is 1.97 bits per heavy atom. The third-order valence-electron chi connectivity index (χ3n) is 7.26. The van der Waals surface area contributed by atoms with Crippen molar-refractivity contribution in [3.05, 3.63) is 41.2 Å². The van der Waals surface area contributed by atoms with Crippen LogP contribution in [0.15, 0.2) is 24.5 Å². The molecular formula is C22H23ClFN5O4. The molecule has 3 aliphatic rings. The normalized spacial score (nSPS) is 28.3. The van der Waals surface area contributed by atoms with Crippen LogP contribution < -0.4 is 4.90 Å². The van der Waals surface area contributed by atoms with E-state index in [1.165, 1.54) is 17.0 Å². The van der Waals surface area contributed by atoms with Gasteiger partial charge in [0.2, 0.25) is 5.28 Å². The van der Waals surface area contributed by atoms with Gasteiger partial charge in [-0.15, -0.1) is 0 Å². The Labute approximate surface area is 193 Å². The second-order valence-electron chi connectivity index (χ2n) is 9.10. The maximum absolute atomic E-state index is 14.2. The fourth-order valence-electron chi connectivity index (χ4n) is 5.67. The Morgan fingerprint density at radius 3 is 2.70 bits per heavy atom. The van der Waals surface area contributed by atoms with Gasteiger partial charge in [0, 0.05) is 17.6 Å². The molecule has 1 saturated carbocycles. The summed E-state index contributed by atoms with van der Waals surface area (Å²) in [6, 6.07) is 4.83. The Hall–Kier alpha value is -2.37. The summed E-state index contributed by atoms with van der Waals surface area (Å²) < 4.78 is 21.3. The van der Waals surface area contributed by atoms with Gasteiger partial charge in [-0.1, -0.05) is 12.8 Å². The number of halogens is 2. The maximum Gasteiger partial charge on any atom is 0.226 e. The van der Waals surface area contributed by atoms with Crippen LogP contribution in [0.4, 0.5) is 15.9 Å². The van der Waals surface area contributed by atoms with Crippen LogP contribution in [0.25, 0.3) is 11.2 Å². The number of nitrogens with zero attached hydrogens (tertiary/aromatic N) is 5. The first-order valence-electron chi connectivity index (χ1n) is 11.0. The first-order valence-corrected chi connectivity index (χ1v) is 11.4. The van der Waals surface area contributed by atoms with Crippen LogP contribution in [-0.2, 0) is 10.2 Å². The standard InChI is InChI=1S/C22H23ClFN5O4/c23-21-26-18(28-9-22(5-1-2-6-22)12-7-11(24)3-4-13(12)28)15-19(27-21)29(10-25-15)20-17(32)16(31)14(8-30)33-20/h3-4,7,10,14,16-17,20,30-32H,1-2,5-6,8-9H2/t14-,16-,17-,20-/m1/s1. The van der Waals surface area contributed by atoms with E-state index in [2.05, 4.69) is 15.0 Å². The van der Waals surface area contributed by atoms with E-state index in [1.54, 1.807) is 12.1 Å². The monoisotopic (exact) mass is 475 g/mol. The third-order valence-corrected chi connectivity index (χ3v) is 7.43. The molecule has 2 aromatic heterocycles. The van der Waals surface area contributed by atoms with E-state index in [0.717, 1.165) is 36.9 Å². The van der Waals surface area contributed by atoms with Crippen molar-refractivity contribution in [2.75, 3.05) is 18.1 Å². The van der Waals surface area contributed by atoms with Crippen LogP contribution in [-0.4, -0.2) is 66.3 Å². The zero-order valence-electron chi connectivity index (χ0n) is 17.6. The lowest BCUT2D eigenvalue weighted by atomic mass is 9.81.